The summed E-state index contributed by atoms with van der Waals surface area (Å²) in [5.74, 6) is 1.27. The highest BCUT2D eigenvalue weighted by atomic mass is 32.1. The van der Waals surface area contributed by atoms with Crippen molar-refractivity contribution in [2.24, 2.45) is 5.92 Å². The van der Waals surface area contributed by atoms with Gasteiger partial charge in [-0.25, -0.2) is 4.98 Å². The first-order chi connectivity index (χ1) is 10.7. The highest BCUT2D eigenvalue weighted by molar-refractivity contribution is 7.11. The molecule has 0 spiro atoms. The molecule has 1 aliphatic heterocycles. The van der Waals surface area contributed by atoms with Gasteiger partial charge in [-0.05, 0) is 69.8 Å². The lowest BCUT2D eigenvalue weighted by Crippen LogP contribution is -2.33. The zero-order chi connectivity index (χ0) is 15.1. The summed E-state index contributed by atoms with van der Waals surface area (Å²) in [4.78, 5) is 8.99. The van der Waals surface area contributed by atoms with Crippen LogP contribution in [0.25, 0.3) is 0 Å². The van der Waals surface area contributed by atoms with E-state index in [0.717, 1.165) is 5.92 Å². The van der Waals surface area contributed by atoms with Gasteiger partial charge in [-0.3, -0.25) is 0 Å². The Hall–Kier alpha value is -1.19. The maximum atomic E-state index is 4.99. The predicted molar refractivity (Wildman–Crippen MR) is 92.8 cm³/mol. The van der Waals surface area contributed by atoms with Gasteiger partial charge in [0.05, 0.1) is 10.7 Å². The van der Waals surface area contributed by atoms with Gasteiger partial charge in [-0.1, -0.05) is 24.3 Å². The van der Waals surface area contributed by atoms with E-state index in [9.17, 15) is 0 Å². The summed E-state index contributed by atoms with van der Waals surface area (Å²) in [6.07, 6.45) is 4.94. The lowest BCUT2D eigenvalue weighted by molar-refractivity contribution is 0.206. The van der Waals surface area contributed by atoms with Gasteiger partial charge in [0.2, 0.25) is 0 Å². The predicted octanol–water partition coefficient (Wildman–Crippen LogP) is 4.02. The highest BCUT2D eigenvalue weighted by Gasteiger charge is 2.34. The number of thiazole rings is 1. The van der Waals surface area contributed by atoms with Crippen LogP contribution in [0.3, 0.4) is 0 Å². The van der Waals surface area contributed by atoms with Gasteiger partial charge >= 0.3 is 0 Å². The number of rotatable bonds is 1. The lowest BCUT2D eigenvalue weighted by atomic mass is 9.77. The molecule has 0 radical (unpaired) electrons. The van der Waals surface area contributed by atoms with Gasteiger partial charge in [0.15, 0.2) is 0 Å². The molecule has 0 saturated carbocycles. The summed E-state index contributed by atoms with van der Waals surface area (Å²) in [5.41, 5.74) is 4.51. The molecule has 1 atom stereocenters. The summed E-state index contributed by atoms with van der Waals surface area (Å²) < 4.78 is 0. The van der Waals surface area contributed by atoms with E-state index in [0.29, 0.717) is 5.92 Å². The van der Waals surface area contributed by atoms with Crippen molar-refractivity contribution in [3.63, 3.8) is 0 Å². The van der Waals surface area contributed by atoms with E-state index in [1.54, 1.807) is 11.1 Å². The molecular formula is C19H24N2S. The maximum Gasteiger partial charge on any atom is 0.0900 e. The van der Waals surface area contributed by atoms with Crippen molar-refractivity contribution in [1.82, 2.24) is 9.88 Å². The molecule has 116 valence electrons. The van der Waals surface area contributed by atoms with E-state index in [1.165, 1.54) is 54.4 Å². The van der Waals surface area contributed by atoms with Gasteiger partial charge in [0.25, 0.3) is 0 Å². The molecule has 1 aromatic carbocycles. The number of nitrogens with zero attached hydrogens (tertiary/aromatic N) is 2. The van der Waals surface area contributed by atoms with E-state index in [4.69, 9.17) is 4.98 Å². The number of benzene rings is 1. The van der Waals surface area contributed by atoms with Crippen LogP contribution in [0.15, 0.2) is 24.3 Å². The Morgan fingerprint density at radius 2 is 1.91 bits per heavy atom. The fraction of sp³-hybridized carbons (Fsp3) is 0.526. The molecule has 1 aliphatic carbocycles. The van der Waals surface area contributed by atoms with Crippen molar-refractivity contribution in [3.05, 3.63) is 51.0 Å². The zero-order valence-electron chi connectivity index (χ0n) is 13.5. The number of hydrogen-bond donors (Lipinski definition) is 0. The summed E-state index contributed by atoms with van der Waals surface area (Å²) in [5, 5.41) is 1.24. The average molecular weight is 312 g/mol. The molecule has 2 heterocycles. The van der Waals surface area contributed by atoms with Crippen LogP contribution in [-0.2, 0) is 12.8 Å². The number of aryl methyl sites for hydroxylation is 3. The van der Waals surface area contributed by atoms with Crippen molar-refractivity contribution < 1.29 is 0 Å². The Morgan fingerprint density at radius 3 is 2.73 bits per heavy atom. The molecule has 1 aromatic heterocycles. The average Bonchev–Trinajstić information content (AvgIpc) is 2.82. The monoisotopic (exact) mass is 312 g/mol. The van der Waals surface area contributed by atoms with Crippen molar-refractivity contribution in [2.75, 3.05) is 20.1 Å². The van der Waals surface area contributed by atoms with Crippen LogP contribution in [0.4, 0.5) is 0 Å². The van der Waals surface area contributed by atoms with Crippen LogP contribution in [0.1, 0.15) is 45.5 Å². The third-order valence-electron chi connectivity index (χ3n) is 5.38. The van der Waals surface area contributed by atoms with Gasteiger partial charge in [0, 0.05) is 10.8 Å². The molecule has 4 rings (SSSR count). The fourth-order valence-electron chi connectivity index (χ4n) is 4.21. The second-order valence-electron chi connectivity index (χ2n) is 6.86. The van der Waals surface area contributed by atoms with E-state index >= 15 is 0 Å². The van der Waals surface area contributed by atoms with Gasteiger partial charge in [-0.2, -0.15) is 0 Å². The zero-order valence-corrected chi connectivity index (χ0v) is 14.3. The first kappa shape index (κ1) is 14.4. The minimum Gasteiger partial charge on any atom is -0.306 e. The van der Waals surface area contributed by atoms with E-state index in [2.05, 4.69) is 43.1 Å². The van der Waals surface area contributed by atoms with Crippen LogP contribution < -0.4 is 0 Å². The lowest BCUT2D eigenvalue weighted by Gasteiger charge is -2.34. The third kappa shape index (κ3) is 2.50. The molecule has 0 bridgehead atoms. The number of hydrogen-bond acceptors (Lipinski definition) is 3. The number of aromatic nitrogens is 1. The summed E-state index contributed by atoms with van der Waals surface area (Å²) >= 11 is 1.92. The molecule has 22 heavy (non-hydrogen) atoms. The Balaban J connectivity index is 1.80. The summed E-state index contributed by atoms with van der Waals surface area (Å²) in [6.45, 7) is 4.61. The van der Waals surface area contributed by atoms with Crippen LogP contribution in [0.2, 0.25) is 0 Å². The molecule has 0 N–H and O–H groups in total. The van der Waals surface area contributed by atoms with Crippen molar-refractivity contribution in [1.29, 1.82) is 0 Å². The third-order valence-corrected chi connectivity index (χ3v) is 6.42. The molecule has 2 nitrogen and oxygen atoms in total. The summed E-state index contributed by atoms with van der Waals surface area (Å²) in [6, 6.07) is 9.11. The minimum atomic E-state index is 0.521. The van der Waals surface area contributed by atoms with Crippen LogP contribution in [-0.4, -0.2) is 30.0 Å². The molecule has 0 amide bonds. The smallest absolute Gasteiger partial charge is 0.0900 e. The van der Waals surface area contributed by atoms with Crippen molar-refractivity contribution >= 4 is 11.3 Å². The quantitative estimate of drug-likeness (QED) is 0.790. The second-order valence-corrected chi connectivity index (χ2v) is 8.15. The molecule has 1 fully saturated rings. The maximum absolute atomic E-state index is 4.99. The fourth-order valence-corrected chi connectivity index (χ4v) is 5.19. The molecule has 2 aliphatic rings. The van der Waals surface area contributed by atoms with Crippen molar-refractivity contribution in [3.8, 4) is 0 Å². The Labute approximate surface area is 137 Å². The topological polar surface area (TPSA) is 16.1 Å². The van der Waals surface area contributed by atoms with E-state index < -0.39 is 0 Å². The number of piperidine rings is 1. The number of likely N-dealkylation sites (tertiary alicyclic amines) is 1. The Kier molecular flexibility index (Phi) is 3.79. The van der Waals surface area contributed by atoms with Gasteiger partial charge in [0.1, 0.15) is 0 Å². The summed E-state index contributed by atoms with van der Waals surface area (Å²) in [7, 11) is 2.25. The SMILES string of the molecule is Cc1nc2c(s1)CCc1ccccc1C2C1CCN(C)CC1. The second kappa shape index (κ2) is 5.78. The van der Waals surface area contributed by atoms with E-state index in [-0.39, 0.29) is 0 Å². The minimum absolute atomic E-state index is 0.521. The normalized spacial score (nSPS) is 22.9. The van der Waals surface area contributed by atoms with Crippen molar-refractivity contribution in [2.45, 2.75) is 38.5 Å². The van der Waals surface area contributed by atoms with Crippen LogP contribution >= 0.6 is 11.3 Å². The first-order valence-electron chi connectivity index (χ1n) is 8.45. The van der Waals surface area contributed by atoms with E-state index in [1.807, 2.05) is 11.3 Å². The Morgan fingerprint density at radius 1 is 1.14 bits per heavy atom. The first-order valence-corrected chi connectivity index (χ1v) is 9.26. The van der Waals surface area contributed by atoms with Crippen LogP contribution in [0, 0.1) is 12.8 Å². The highest BCUT2D eigenvalue weighted by Crippen LogP contribution is 2.43. The molecule has 1 saturated heterocycles. The molecule has 1 unspecified atom stereocenters. The molecular weight excluding hydrogens is 288 g/mol. The van der Waals surface area contributed by atoms with Gasteiger partial charge < -0.3 is 4.90 Å². The Bertz CT molecular complexity index is 668. The molecule has 2 aromatic rings. The number of fused-ring (bicyclic) bond motifs is 2. The van der Waals surface area contributed by atoms with Gasteiger partial charge in [-0.15, -0.1) is 11.3 Å². The largest absolute Gasteiger partial charge is 0.306 e. The molecule has 3 heteroatoms. The standard InChI is InChI=1S/C19H24N2S/c1-13-20-19-17(22-13)8-7-14-5-3-4-6-16(14)18(19)15-9-11-21(2)12-10-15/h3-6,15,18H,7-12H2,1-2H3. The van der Waals surface area contributed by atoms with Crippen LogP contribution in [0.5, 0.6) is 0 Å².